The topological polar surface area (TPSA) is 54.3 Å². The number of fused-ring (bicyclic) bond motifs is 1. The summed E-state index contributed by atoms with van der Waals surface area (Å²) < 4.78 is 1.58. The van der Waals surface area contributed by atoms with Crippen LogP contribution in [0.15, 0.2) is 47.3 Å². The zero-order valence-corrected chi connectivity index (χ0v) is 12.0. The minimum absolute atomic E-state index is 0.0861. The lowest BCUT2D eigenvalue weighted by molar-refractivity contribution is 0.104. The van der Waals surface area contributed by atoms with Crippen molar-refractivity contribution in [1.82, 2.24) is 9.38 Å². The normalized spacial score (nSPS) is 11.0. The van der Waals surface area contributed by atoms with Crippen LogP contribution < -0.4 is 5.56 Å². The minimum atomic E-state index is -0.122. The largest absolute Gasteiger partial charge is 0.343 e. The number of hydrogen-bond donors (Lipinski definition) is 1. The first-order valence-corrected chi connectivity index (χ1v) is 6.96. The summed E-state index contributed by atoms with van der Waals surface area (Å²) >= 11 is 0. The lowest BCUT2D eigenvalue weighted by atomic mass is 10.0. The van der Waals surface area contributed by atoms with E-state index in [2.05, 4.69) is 4.98 Å². The van der Waals surface area contributed by atoms with Crippen LogP contribution in [0.5, 0.6) is 0 Å². The molecule has 0 fully saturated rings. The molecule has 0 amide bonds. The molecular weight excluding hydrogens is 264 g/mol. The highest BCUT2D eigenvalue weighted by Gasteiger charge is 2.17. The van der Waals surface area contributed by atoms with Gasteiger partial charge in [0.15, 0.2) is 5.78 Å². The van der Waals surface area contributed by atoms with E-state index >= 15 is 0 Å². The Labute approximate surface area is 122 Å². The molecule has 3 rings (SSSR count). The molecule has 0 saturated heterocycles. The van der Waals surface area contributed by atoms with Crippen LogP contribution in [0.2, 0.25) is 0 Å². The Balaban J connectivity index is 2.27. The lowest BCUT2D eigenvalue weighted by Gasteiger charge is -2.03. The third kappa shape index (κ3) is 2.09. The van der Waals surface area contributed by atoms with Gasteiger partial charge >= 0.3 is 0 Å². The first-order valence-electron chi connectivity index (χ1n) is 6.96. The molecule has 2 aromatic heterocycles. The number of nitrogens with zero attached hydrogens (tertiary/aromatic N) is 1. The number of aryl methyl sites for hydroxylation is 2. The summed E-state index contributed by atoms with van der Waals surface area (Å²) in [6.07, 6.45) is 0.784. The van der Waals surface area contributed by atoms with E-state index in [9.17, 15) is 9.59 Å². The highest BCUT2D eigenvalue weighted by molar-refractivity contribution is 6.12. The van der Waals surface area contributed by atoms with Crippen molar-refractivity contribution >= 4 is 11.4 Å². The van der Waals surface area contributed by atoms with Gasteiger partial charge in [-0.25, -0.2) is 0 Å². The van der Waals surface area contributed by atoms with Gasteiger partial charge in [-0.2, -0.15) is 0 Å². The van der Waals surface area contributed by atoms with Gasteiger partial charge in [-0.15, -0.1) is 0 Å². The highest BCUT2D eigenvalue weighted by Crippen LogP contribution is 2.17. The Bertz CT molecular complexity index is 873. The number of carbonyl (C=O) groups excluding carboxylic acids is 1. The maximum atomic E-state index is 12.6. The van der Waals surface area contributed by atoms with Crippen LogP contribution in [0.3, 0.4) is 0 Å². The van der Waals surface area contributed by atoms with E-state index in [0.29, 0.717) is 16.8 Å². The number of benzene rings is 1. The van der Waals surface area contributed by atoms with Crippen LogP contribution >= 0.6 is 0 Å². The summed E-state index contributed by atoms with van der Waals surface area (Å²) in [5, 5.41) is 0. The molecule has 0 radical (unpaired) electrons. The quantitative estimate of drug-likeness (QED) is 0.750. The summed E-state index contributed by atoms with van der Waals surface area (Å²) in [6, 6.07) is 12.1. The Morgan fingerprint density at radius 1 is 1.14 bits per heavy atom. The molecule has 0 aliphatic heterocycles. The van der Waals surface area contributed by atoms with E-state index in [0.717, 1.165) is 17.8 Å². The predicted octanol–water partition coefficient (Wildman–Crippen LogP) is 2.73. The van der Waals surface area contributed by atoms with Crippen molar-refractivity contribution in [2.45, 2.75) is 20.3 Å². The van der Waals surface area contributed by atoms with Crippen LogP contribution in [0, 0.1) is 6.92 Å². The second kappa shape index (κ2) is 5.05. The predicted molar refractivity (Wildman–Crippen MR) is 82.0 cm³/mol. The van der Waals surface area contributed by atoms with Gasteiger partial charge in [-0.05, 0) is 19.4 Å². The molecule has 3 aromatic rings. The molecule has 0 unspecified atom stereocenters. The zero-order chi connectivity index (χ0) is 15.0. The number of nitrogens with one attached hydrogen (secondary N) is 1. The summed E-state index contributed by atoms with van der Waals surface area (Å²) in [5.41, 5.74) is 3.42. The standard InChI is InChI=1S/C17H16N2O2/c1-3-14-11(2)19-15(20)10-9-13(17(19)18-14)16(21)12-7-5-4-6-8-12/h4-10,18H,3H2,1-2H3. The molecule has 2 heterocycles. The van der Waals surface area contributed by atoms with Gasteiger partial charge < -0.3 is 4.98 Å². The van der Waals surface area contributed by atoms with E-state index in [1.54, 1.807) is 22.6 Å². The Kier molecular flexibility index (Phi) is 3.22. The van der Waals surface area contributed by atoms with Gasteiger partial charge in [-0.1, -0.05) is 37.3 Å². The molecule has 4 heteroatoms. The smallest absolute Gasteiger partial charge is 0.256 e. The Morgan fingerprint density at radius 2 is 1.86 bits per heavy atom. The average molecular weight is 280 g/mol. The van der Waals surface area contributed by atoms with Gasteiger partial charge in [-0.3, -0.25) is 14.0 Å². The second-order valence-electron chi connectivity index (χ2n) is 5.01. The zero-order valence-electron chi connectivity index (χ0n) is 12.0. The molecule has 0 spiro atoms. The monoisotopic (exact) mass is 280 g/mol. The van der Waals surface area contributed by atoms with Gasteiger partial charge in [0.05, 0.1) is 5.56 Å². The van der Waals surface area contributed by atoms with Crippen LogP contribution in [0.1, 0.15) is 34.2 Å². The van der Waals surface area contributed by atoms with Gasteiger partial charge in [0.25, 0.3) is 5.56 Å². The molecule has 1 aromatic carbocycles. The number of rotatable bonds is 3. The molecule has 0 aliphatic carbocycles. The minimum Gasteiger partial charge on any atom is -0.343 e. The van der Waals surface area contributed by atoms with Crippen LogP contribution in [0.4, 0.5) is 0 Å². The number of hydrogen-bond acceptors (Lipinski definition) is 2. The summed E-state index contributed by atoms with van der Waals surface area (Å²) in [5.74, 6) is -0.0861. The fourth-order valence-corrected chi connectivity index (χ4v) is 2.64. The molecule has 4 nitrogen and oxygen atoms in total. The molecule has 0 bridgehead atoms. The first kappa shape index (κ1) is 13.4. The molecular formula is C17H16N2O2. The summed E-state index contributed by atoms with van der Waals surface area (Å²) in [7, 11) is 0. The molecule has 0 aliphatic rings. The van der Waals surface area contributed by atoms with Crippen molar-refractivity contribution in [1.29, 1.82) is 0 Å². The number of imidazole rings is 1. The van der Waals surface area contributed by atoms with E-state index in [-0.39, 0.29) is 11.3 Å². The van der Waals surface area contributed by atoms with E-state index < -0.39 is 0 Å². The molecule has 106 valence electrons. The van der Waals surface area contributed by atoms with Crippen LogP contribution in [0.25, 0.3) is 5.65 Å². The number of aromatic nitrogens is 2. The lowest BCUT2D eigenvalue weighted by Crippen LogP contribution is -2.15. The molecule has 21 heavy (non-hydrogen) atoms. The van der Waals surface area contributed by atoms with Crippen molar-refractivity contribution in [2.75, 3.05) is 0 Å². The molecule has 0 atom stereocenters. The van der Waals surface area contributed by atoms with E-state index in [4.69, 9.17) is 0 Å². The number of H-pyrrole nitrogens is 1. The van der Waals surface area contributed by atoms with E-state index in [1.165, 1.54) is 6.07 Å². The number of carbonyl (C=O) groups is 1. The van der Waals surface area contributed by atoms with Crippen LogP contribution in [-0.4, -0.2) is 15.2 Å². The molecule has 1 N–H and O–H groups in total. The highest BCUT2D eigenvalue weighted by atomic mass is 16.1. The van der Waals surface area contributed by atoms with Gasteiger partial charge in [0, 0.05) is 23.0 Å². The number of ketones is 1. The fourth-order valence-electron chi connectivity index (χ4n) is 2.64. The number of pyridine rings is 1. The van der Waals surface area contributed by atoms with Crippen molar-refractivity contribution < 1.29 is 4.79 Å². The fraction of sp³-hybridized carbons (Fsp3) is 0.176. The van der Waals surface area contributed by atoms with Gasteiger partial charge in [0.2, 0.25) is 0 Å². The maximum Gasteiger partial charge on any atom is 0.256 e. The third-order valence-corrected chi connectivity index (χ3v) is 3.77. The van der Waals surface area contributed by atoms with Crippen LogP contribution in [-0.2, 0) is 6.42 Å². The van der Waals surface area contributed by atoms with Crippen molar-refractivity contribution in [2.24, 2.45) is 0 Å². The maximum absolute atomic E-state index is 12.6. The second-order valence-corrected chi connectivity index (χ2v) is 5.01. The summed E-state index contributed by atoms with van der Waals surface area (Å²) in [6.45, 7) is 3.90. The van der Waals surface area contributed by atoms with Crippen molar-refractivity contribution in [3.05, 3.63) is 75.3 Å². The van der Waals surface area contributed by atoms with E-state index in [1.807, 2.05) is 32.0 Å². The summed E-state index contributed by atoms with van der Waals surface area (Å²) in [4.78, 5) is 27.9. The first-order chi connectivity index (χ1) is 10.1. The Morgan fingerprint density at radius 3 is 2.52 bits per heavy atom. The average Bonchev–Trinajstić information content (AvgIpc) is 2.86. The van der Waals surface area contributed by atoms with Crippen molar-refractivity contribution in [3.63, 3.8) is 0 Å². The third-order valence-electron chi connectivity index (χ3n) is 3.77. The van der Waals surface area contributed by atoms with Gasteiger partial charge in [0.1, 0.15) is 5.65 Å². The number of aromatic amines is 1. The van der Waals surface area contributed by atoms with Crippen molar-refractivity contribution in [3.8, 4) is 0 Å². The SMILES string of the molecule is CCc1[nH]c2c(C(=O)c3ccccc3)ccc(=O)n2c1C. The molecule has 0 saturated carbocycles. The Hall–Kier alpha value is -2.62.